The van der Waals surface area contributed by atoms with E-state index in [4.69, 9.17) is 5.73 Å². The fourth-order valence-corrected chi connectivity index (χ4v) is 10.5. The van der Waals surface area contributed by atoms with Gasteiger partial charge in [0, 0.05) is 37.6 Å². The Balaban J connectivity index is 1.28. The van der Waals surface area contributed by atoms with E-state index in [0.29, 0.717) is 0 Å². The van der Waals surface area contributed by atoms with Crippen LogP contribution in [0.3, 0.4) is 0 Å². The summed E-state index contributed by atoms with van der Waals surface area (Å²) < 4.78 is 8.65. The lowest BCUT2D eigenvalue weighted by Crippen LogP contribution is -2.08. The first-order chi connectivity index (χ1) is 17.7. The molecule has 0 bridgehead atoms. The summed E-state index contributed by atoms with van der Waals surface area (Å²) >= 11 is 7.80. The second-order valence-corrected chi connectivity index (χ2v) is 14.4. The van der Waals surface area contributed by atoms with E-state index < -0.39 is 0 Å². The molecule has 194 valence electrons. The van der Waals surface area contributed by atoms with Crippen molar-refractivity contribution in [2.75, 3.05) is 11.9 Å². The molecule has 5 rings (SSSR count). The Bertz CT molecular complexity index is 1400. The zero-order valence-corrected chi connectivity index (χ0v) is 25.1. The number of nitrogens with one attached hydrogen (secondary N) is 1. The van der Waals surface area contributed by atoms with E-state index in [1.807, 2.05) is 45.3 Å². The van der Waals surface area contributed by atoms with Gasteiger partial charge in [-0.1, -0.05) is 90.2 Å². The Morgan fingerprint density at radius 1 is 0.667 bits per heavy atom. The van der Waals surface area contributed by atoms with E-state index >= 15 is 0 Å². The standard InChI is InChI=1S/C30H40N2S4/c1-3-5-7-9-11-13-17-32-26-19-25-28(36-26)21-16-15-20-27-24(34-29(20)30(21)35-25)18-23(33-27)22(31)14-12-10-8-6-4-2/h15-16,18-19,22,32H,3-14,17,31H2,1-2H3. The van der Waals surface area contributed by atoms with Crippen LogP contribution in [0, 0.1) is 0 Å². The van der Waals surface area contributed by atoms with Gasteiger partial charge >= 0.3 is 0 Å². The fourth-order valence-electron chi connectivity index (χ4n) is 5.13. The summed E-state index contributed by atoms with van der Waals surface area (Å²) in [6.45, 7) is 5.64. The van der Waals surface area contributed by atoms with Crippen LogP contribution in [0.1, 0.15) is 102 Å². The van der Waals surface area contributed by atoms with Gasteiger partial charge < -0.3 is 11.1 Å². The van der Waals surface area contributed by atoms with Crippen molar-refractivity contribution in [3.63, 3.8) is 0 Å². The van der Waals surface area contributed by atoms with Gasteiger partial charge in [-0.05, 0) is 25.0 Å². The smallest absolute Gasteiger partial charge is 0.0903 e. The Hall–Kier alpha value is -1.18. The van der Waals surface area contributed by atoms with Gasteiger partial charge in [-0.25, -0.2) is 0 Å². The Labute approximate surface area is 231 Å². The molecule has 0 spiro atoms. The van der Waals surface area contributed by atoms with E-state index in [0.717, 1.165) is 13.0 Å². The van der Waals surface area contributed by atoms with Crippen molar-refractivity contribution >= 4 is 89.3 Å². The van der Waals surface area contributed by atoms with Gasteiger partial charge in [0.25, 0.3) is 0 Å². The summed E-state index contributed by atoms with van der Waals surface area (Å²) in [7, 11) is 0. The zero-order chi connectivity index (χ0) is 24.9. The average Bonchev–Trinajstić information content (AvgIpc) is 3.62. The van der Waals surface area contributed by atoms with E-state index in [1.54, 1.807) is 0 Å². The number of benzene rings is 1. The van der Waals surface area contributed by atoms with Gasteiger partial charge in [-0.3, -0.25) is 0 Å². The van der Waals surface area contributed by atoms with Crippen LogP contribution < -0.4 is 11.1 Å². The molecule has 36 heavy (non-hydrogen) atoms. The molecule has 2 nitrogen and oxygen atoms in total. The van der Waals surface area contributed by atoms with Crippen LogP contribution >= 0.6 is 45.3 Å². The minimum atomic E-state index is 0.185. The summed E-state index contributed by atoms with van der Waals surface area (Å²) in [5, 5.41) is 7.86. The lowest BCUT2D eigenvalue weighted by molar-refractivity contribution is 0.560. The molecule has 0 radical (unpaired) electrons. The van der Waals surface area contributed by atoms with Gasteiger partial charge in [0.2, 0.25) is 0 Å². The molecule has 1 aromatic carbocycles. The molecule has 0 amide bonds. The predicted molar refractivity (Wildman–Crippen MR) is 170 cm³/mol. The molecule has 0 fully saturated rings. The first-order valence-electron chi connectivity index (χ1n) is 14.0. The second kappa shape index (κ2) is 12.6. The third kappa shape index (κ3) is 5.78. The Morgan fingerprint density at radius 3 is 1.94 bits per heavy atom. The minimum absolute atomic E-state index is 0.185. The van der Waals surface area contributed by atoms with Crippen LogP contribution in [-0.2, 0) is 0 Å². The number of anilines is 1. The molecule has 3 N–H and O–H groups in total. The highest BCUT2D eigenvalue weighted by Gasteiger charge is 2.18. The van der Waals surface area contributed by atoms with E-state index in [2.05, 4.69) is 43.4 Å². The summed E-state index contributed by atoms with van der Waals surface area (Å²) in [6, 6.07) is 9.67. The van der Waals surface area contributed by atoms with Crippen molar-refractivity contribution in [3.8, 4) is 0 Å². The molecule has 0 aliphatic carbocycles. The van der Waals surface area contributed by atoms with E-state index in [1.165, 1.54) is 119 Å². The minimum Gasteiger partial charge on any atom is -0.377 e. The highest BCUT2D eigenvalue weighted by atomic mass is 32.1. The van der Waals surface area contributed by atoms with E-state index in [-0.39, 0.29) is 6.04 Å². The molecule has 0 saturated carbocycles. The largest absolute Gasteiger partial charge is 0.377 e. The summed E-state index contributed by atoms with van der Waals surface area (Å²) in [5.74, 6) is 0. The first kappa shape index (κ1) is 26.4. The Morgan fingerprint density at radius 2 is 1.25 bits per heavy atom. The fraction of sp³-hybridized carbons (Fsp3) is 0.533. The number of fused-ring (bicyclic) bond motifs is 7. The van der Waals surface area contributed by atoms with Crippen LogP contribution in [0.15, 0.2) is 24.3 Å². The van der Waals surface area contributed by atoms with Crippen LogP contribution in [0.25, 0.3) is 39.0 Å². The third-order valence-corrected chi connectivity index (χ3v) is 12.4. The highest BCUT2D eigenvalue weighted by molar-refractivity contribution is 7.39. The lowest BCUT2D eigenvalue weighted by atomic mass is 10.1. The molecule has 5 aromatic rings. The van der Waals surface area contributed by atoms with Crippen molar-refractivity contribution in [3.05, 3.63) is 29.1 Å². The quantitative estimate of drug-likeness (QED) is 0.126. The maximum atomic E-state index is 6.60. The Kier molecular flexibility index (Phi) is 9.23. The van der Waals surface area contributed by atoms with Crippen molar-refractivity contribution < 1.29 is 0 Å². The van der Waals surface area contributed by atoms with Crippen molar-refractivity contribution in [2.24, 2.45) is 5.73 Å². The van der Waals surface area contributed by atoms with Crippen molar-refractivity contribution in [1.29, 1.82) is 0 Å². The predicted octanol–water partition coefficient (Wildman–Crippen LogP) is 11.7. The van der Waals surface area contributed by atoms with Crippen LogP contribution in [-0.4, -0.2) is 6.54 Å². The van der Waals surface area contributed by atoms with Gasteiger partial charge in [0.15, 0.2) is 0 Å². The number of nitrogens with two attached hydrogens (primary N) is 1. The van der Waals surface area contributed by atoms with Crippen LogP contribution in [0.5, 0.6) is 0 Å². The number of hydrogen-bond acceptors (Lipinski definition) is 6. The maximum absolute atomic E-state index is 6.60. The summed E-state index contributed by atoms with van der Waals surface area (Å²) in [5.41, 5.74) is 6.60. The summed E-state index contributed by atoms with van der Waals surface area (Å²) in [6.07, 6.45) is 15.7. The van der Waals surface area contributed by atoms with Gasteiger partial charge in [0.05, 0.1) is 23.8 Å². The SMILES string of the molecule is CCCCCCCCNc1cc2sc3c(ccc4c5sc(C(N)CCCCCCC)cc5sc43)c2s1. The lowest BCUT2D eigenvalue weighted by Gasteiger charge is -2.08. The zero-order valence-electron chi connectivity index (χ0n) is 21.8. The number of thiophene rings is 4. The van der Waals surface area contributed by atoms with Crippen molar-refractivity contribution in [2.45, 2.75) is 96.9 Å². The number of unbranched alkanes of at least 4 members (excludes halogenated alkanes) is 9. The van der Waals surface area contributed by atoms with Gasteiger partial charge in [-0.2, -0.15) is 0 Å². The maximum Gasteiger partial charge on any atom is 0.0903 e. The normalized spacial score (nSPS) is 13.1. The highest BCUT2D eigenvalue weighted by Crippen LogP contribution is 2.49. The van der Waals surface area contributed by atoms with Crippen LogP contribution in [0.2, 0.25) is 0 Å². The molecule has 1 atom stereocenters. The molecule has 0 aliphatic rings. The molecule has 6 heteroatoms. The number of hydrogen-bond donors (Lipinski definition) is 2. The monoisotopic (exact) mass is 556 g/mol. The molecule has 4 heterocycles. The first-order valence-corrected chi connectivity index (χ1v) is 17.3. The van der Waals surface area contributed by atoms with E-state index in [9.17, 15) is 0 Å². The molecule has 1 unspecified atom stereocenters. The van der Waals surface area contributed by atoms with Gasteiger partial charge in [-0.15, -0.1) is 45.3 Å². The number of rotatable bonds is 15. The van der Waals surface area contributed by atoms with Crippen LogP contribution in [0.4, 0.5) is 5.00 Å². The molecule has 4 aromatic heterocycles. The van der Waals surface area contributed by atoms with Gasteiger partial charge in [0.1, 0.15) is 0 Å². The third-order valence-electron chi connectivity index (χ3n) is 7.25. The van der Waals surface area contributed by atoms with Crippen molar-refractivity contribution in [1.82, 2.24) is 0 Å². The summed E-state index contributed by atoms with van der Waals surface area (Å²) in [4.78, 5) is 1.36. The molecule has 0 aliphatic heterocycles. The molecule has 0 saturated heterocycles. The molecular weight excluding hydrogens is 517 g/mol. The average molecular weight is 557 g/mol. The molecular formula is C30H40N2S4. The second-order valence-electron chi connectivity index (χ2n) is 10.2. The topological polar surface area (TPSA) is 38.0 Å².